The Bertz CT molecular complexity index is 302. The van der Waals surface area contributed by atoms with Crippen LogP contribution in [0.4, 0.5) is 0 Å². The van der Waals surface area contributed by atoms with Crippen LogP contribution >= 0.6 is 0 Å². The standard InChI is InChI=1S/C11H17NO3/c1-11(2)14-8-7-5-3-4-6-12(7)10(13)9(8)15-11/h7-9H,3-6H2,1-2H3/t7-,8-,9-/m1/s1. The molecule has 3 heterocycles. The molecule has 0 aliphatic carbocycles. The molecule has 3 aliphatic heterocycles. The summed E-state index contributed by atoms with van der Waals surface area (Å²) in [4.78, 5) is 14.0. The van der Waals surface area contributed by atoms with Crippen LogP contribution in [0.1, 0.15) is 33.1 Å². The maximum Gasteiger partial charge on any atom is 0.254 e. The number of nitrogens with zero attached hydrogens (tertiary/aromatic N) is 1. The molecule has 3 rings (SSSR count). The summed E-state index contributed by atoms with van der Waals surface area (Å²) < 4.78 is 11.5. The van der Waals surface area contributed by atoms with Gasteiger partial charge in [-0.15, -0.1) is 0 Å². The fraction of sp³-hybridized carbons (Fsp3) is 0.909. The summed E-state index contributed by atoms with van der Waals surface area (Å²) in [6.07, 6.45) is 3.00. The molecule has 3 atom stereocenters. The minimum absolute atomic E-state index is 0.0344. The van der Waals surface area contributed by atoms with Crippen molar-refractivity contribution in [3.63, 3.8) is 0 Å². The molecule has 0 aromatic carbocycles. The van der Waals surface area contributed by atoms with E-state index in [1.54, 1.807) is 0 Å². The first-order chi connectivity index (χ1) is 7.08. The van der Waals surface area contributed by atoms with Gasteiger partial charge in [0, 0.05) is 6.54 Å². The van der Waals surface area contributed by atoms with E-state index in [2.05, 4.69) is 0 Å². The summed E-state index contributed by atoms with van der Waals surface area (Å²) >= 11 is 0. The van der Waals surface area contributed by atoms with Crippen molar-refractivity contribution in [3.05, 3.63) is 0 Å². The Morgan fingerprint density at radius 3 is 2.93 bits per heavy atom. The zero-order valence-electron chi connectivity index (χ0n) is 9.23. The smallest absolute Gasteiger partial charge is 0.254 e. The van der Waals surface area contributed by atoms with Crippen LogP contribution in [0.15, 0.2) is 0 Å². The van der Waals surface area contributed by atoms with E-state index in [1.807, 2.05) is 18.7 Å². The Morgan fingerprint density at radius 2 is 2.13 bits per heavy atom. The van der Waals surface area contributed by atoms with E-state index < -0.39 is 5.79 Å². The van der Waals surface area contributed by atoms with Gasteiger partial charge in [-0.1, -0.05) is 0 Å². The van der Waals surface area contributed by atoms with Gasteiger partial charge in [0.1, 0.15) is 6.10 Å². The molecule has 4 nitrogen and oxygen atoms in total. The molecule has 15 heavy (non-hydrogen) atoms. The predicted octanol–water partition coefficient (Wildman–Crippen LogP) is 0.901. The van der Waals surface area contributed by atoms with Gasteiger partial charge in [-0.25, -0.2) is 0 Å². The number of piperidine rings is 1. The highest BCUT2D eigenvalue weighted by Crippen LogP contribution is 2.40. The Balaban J connectivity index is 1.87. The topological polar surface area (TPSA) is 38.8 Å². The average Bonchev–Trinajstić information content (AvgIpc) is 2.63. The Kier molecular flexibility index (Phi) is 1.89. The quantitative estimate of drug-likeness (QED) is 0.597. The van der Waals surface area contributed by atoms with Gasteiger partial charge in [0.25, 0.3) is 5.91 Å². The Morgan fingerprint density at radius 1 is 1.33 bits per heavy atom. The number of amides is 1. The van der Waals surface area contributed by atoms with Crippen LogP contribution in [-0.2, 0) is 14.3 Å². The minimum atomic E-state index is -0.589. The van der Waals surface area contributed by atoms with Crippen LogP contribution in [0.2, 0.25) is 0 Å². The third-order valence-corrected chi connectivity index (χ3v) is 3.58. The van der Waals surface area contributed by atoms with Crippen molar-refractivity contribution in [1.29, 1.82) is 0 Å². The second-order valence-electron chi connectivity index (χ2n) is 5.12. The summed E-state index contributed by atoms with van der Waals surface area (Å²) in [5.74, 6) is -0.454. The van der Waals surface area contributed by atoms with Crippen LogP contribution in [0, 0.1) is 0 Å². The van der Waals surface area contributed by atoms with Crippen molar-refractivity contribution in [2.24, 2.45) is 0 Å². The first-order valence-corrected chi connectivity index (χ1v) is 5.75. The van der Waals surface area contributed by atoms with E-state index in [0.29, 0.717) is 0 Å². The van der Waals surface area contributed by atoms with Gasteiger partial charge in [-0.3, -0.25) is 4.79 Å². The highest BCUT2D eigenvalue weighted by Gasteiger charge is 2.57. The van der Waals surface area contributed by atoms with Gasteiger partial charge in [-0.05, 0) is 33.1 Å². The molecule has 3 saturated heterocycles. The third kappa shape index (κ3) is 1.31. The summed E-state index contributed by atoms with van der Waals surface area (Å²) in [6.45, 7) is 4.64. The first-order valence-electron chi connectivity index (χ1n) is 5.75. The lowest BCUT2D eigenvalue weighted by molar-refractivity contribution is -0.174. The van der Waals surface area contributed by atoms with Crippen molar-refractivity contribution in [2.75, 3.05) is 6.54 Å². The summed E-state index contributed by atoms with van der Waals surface area (Å²) in [6, 6.07) is 0.262. The van der Waals surface area contributed by atoms with Gasteiger partial charge in [0.15, 0.2) is 11.9 Å². The zero-order chi connectivity index (χ0) is 10.6. The van der Waals surface area contributed by atoms with Gasteiger partial charge in [-0.2, -0.15) is 0 Å². The number of ether oxygens (including phenoxy) is 2. The van der Waals surface area contributed by atoms with Gasteiger partial charge in [0.2, 0.25) is 0 Å². The molecule has 84 valence electrons. The van der Waals surface area contributed by atoms with Crippen molar-refractivity contribution in [1.82, 2.24) is 4.90 Å². The number of hydrogen-bond acceptors (Lipinski definition) is 3. The number of carbonyl (C=O) groups is 1. The second-order valence-corrected chi connectivity index (χ2v) is 5.12. The molecule has 4 heteroatoms. The van der Waals surface area contributed by atoms with Crippen molar-refractivity contribution >= 4 is 5.91 Å². The molecule has 0 saturated carbocycles. The van der Waals surface area contributed by atoms with Crippen molar-refractivity contribution in [3.8, 4) is 0 Å². The van der Waals surface area contributed by atoms with E-state index in [9.17, 15) is 4.79 Å². The van der Waals surface area contributed by atoms with E-state index in [0.717, 1.165) is 19.4 Å². The fourth-order valence-electron chi connectivity index (χ4n) is 3.00. The van der Waals surface area contributed by atoms with Gasteiger partial charge in [0.05, 0.1) is 6.04 Å². The molecule has 1 amide bonds. The maximum atomic E-state index is 12.0. The van der Waals surface area contributed by atoms with Gasteiger partial charge < -0.3 is 14.4 Å². The summed E-state index contributed by atoms with van der Waals surface area (Å²) in [5.41, 5.74) is 0. The van der Waals surface area contributed by atoms with E-state index in [4.69, 9.17) is 9.47 Å². The molecule has 3 aliphatic rings. The molecular formula is C11H17NO3. The van der Waals surface area contributed by atoms with Gasteiger partial charge >= 0.3 is 0 Å². The molecule has 3 fully saturated rings. The van der Waals surface area contributed by atoms with Crippen LogP contribution < -0.4 is 0 Å². The highest BCUT2D eigenvalue weighted by molar-refractivity contribution is 5.85. The maximum absolute atomic E-state index is 12.0. The number of hydrogen-bond donors (Lipinski definition) is 0. The third-order valence-electron chi connectivity index (χ3n) is 3.58. The summed E-state index contributed by atoms with van der Waals surface area (Å²) in [5, 5.41) is 0. The van der Waals surface area contributed by atoms with Crippen LogP contribution in [0.3, 0.4) is 0 Å². The van der Waals surface area contributed by atoms with Crippen LogP contribution in [0.25, 0.3) is 0 Å². The molecule has 0 unspecified atom stereocenters. The Labute approximate surface area is 89.5 Å². The average molecular weight is 211 g/mol. The van der Waals surface area contributed by atoms with Crippen molar-refractivity contribution in [2.45, 2.75) is 57.1 Å². The lowest BCUT2D eigenvalue weighted by Crippen LogP contribution is -2.43. The molecule has 0 radical (unpaired) electrons. The predicted molar refractivity (Wildman–Crippen MR) is 53.2 cm³/mol. The molecule has 0 bridgehead atoms. The van der Waals surface area contributed by atoms with Crippen molar-refractivity contribution < 1.29 is 14.3 Å². The Hall–Kier alpha value is -0.610. The normalized spacial score (nSPS) is 42.9. The molecule has 0 N–H and O–H groups in total. The lowest BCUT2D eigenvalue weighted by Gasteiger charge is -2.33. The first kappa shape index (κ1) is 9.60. The zero-order valence-corrected chi connectivity index (χ0v) is 9.23. The largest absolute Gasteiger partial charge is 0.342 e. The van der Waals surface area contributed by atoms with E-state index in [1.165, 1.54) is 6.42 Å². The van der Waals surface area contributed by atoms with E-state index >= 15 is 0 Å². The monoisotopic (exact) mass is 211 g/mol. The van der Waals surface area contributed by atoms with E-state index in [-0.39, 0.29) is 24.2 Å². The molecule has 0 aromatic heterocycles. The lowest BCUT2D eigenvalue weighted by atomic mass is 10.0. The van der Waals surface area contributed by atoms with Crippen LogP contribution in [0.5, 0.6) is 0 Å². The highest BCUT2D eigenvalue weighted by atomic mass is 16.8. The molecular weight excluding hydrogens is 194 g/mol. The number of fused-ring (bicyclic) bond motifs is 3. The van der Waals surface area contributed by atoms with Crippen LogP contribution in [-0.4, -0.2) is 41.4 Å². The SMILES string of the molecule is CC1(C)O[C@@H]2[C@H]3CCCCN3C(=O)[C@@H]2O1. The molecule has 0 aromatic rings. The second kappa shape index (κ2) is 2.95. The fourth-order valence-corrected chi connectivity index (χ4v) is 3.00. The number of carbonyl (C=O) groups excluding carboxylic acids is 1. The molecule has 0 spiro atoms. The minimum Gasteiger partial charge on any atom is -0.342 e. The number of rotatable bonds is 0. The summed E-state index contributed by atoms with van der Waals surface area (Å²) in [7, 11) is 0.